The highest BCUT2D eigenvalue weighted by Gasteiger charge is 1.92. The van der Waals surface area contributed by atoms with E-state index in [4.69, 9.17) is 5.73 Å². The van der Waals surface area contributed by atoms with Crippen LogP contribution in [0.1, 0.15) is 27.2 Å². The first-order valence-corrected chi connectivity index (χ1v) is 3.52. The molecule has 0 atom stereocenters. The Morgan fingerprint density at radius 3 is 2.44 bits per heavy atom. The summed E-state index contributed by atoms with van der Waals surface area (Å²) in [5.74, 6) is 0.757. The third-order valence-corrected chi connectivity index (χ3v) is 1.20. The molecule has 54 valence electrons. The zero-order chi connectivity index (χ0) is 7.28. The van der Waals surface area contributed by atoms with E-state index in [0.717, 1.165) is 5.92 Å². The smallest absolute Gasteiger partial charge is 0.0109 e. The van der Waals surface area contributed by atoms with Gasteiger partial charge in [-0.25, -0.2) is 0 Å². The van der Waals surface area contributed by atoms with Crippen LogP contribution >= 0.6 is 0 Å². The topological polar surface area (TPSA) is 26.0 Å². The van der Waals surface area contributed by atoms with Crippen LogP contribution in [-0.2, 0) is 0 Å². The maximum atomic E-state index is 5.33. The highest BCUT2D eigenvalue weighted by Crippen LogP contribution is 2.08. The van der Waals surface area contributed by atoms with E-state index in [1.807, 2.05) is 0 Å². The number of hydrogen-bond acceptors (Lipinski definition) is 1. The largest absolute Gasteiger partial charge is 0.327 e. The summed E-state index contributed by atoms with van der Waals surface area (Å²) in [5.41, 5.74) is 6.74. The van der Waals surface area contributed by atoms with Gasteiger partial charge in [0, 0.05) is 6.54 Å². The van der Waals surface area contributed by atoms with Gasteiger partial charge in [-0.3, -0.25) is 0 Å². The Morgan fingerprint density at radius 2 is 2.11 bits per heavy atom. The van der Waals surface area contributed by atoms with E-state index in [1.165, 1.54) is 12.0 Å². The second-order valence-electron chi connectivity index (χ2n) is 2.88. The Morgan fingerprint density at radius 1 is 1.56 bits per heavy atom. The third kappa shape index (κ3) is 5.57. The molecule has 0 radical (unpaired) electrons. The van der Waals surface area contributed by atoms with Crippen LogP contribution in [0.4, 0.5) is 0 Å². The Kier molecular flexibility index (Phi) is 4.41. The van der Waals surface area contributed by atoms with Crippen LogP contribution in [0.25, 0.3) is 0 Å². The lowest BCUT2D eigenvalue weighted by Gasteiger charge is -2.02. The van der Waals surface area contributed by atoms with Gasteiger partial charge in [-0.2, -0.15) is 0 Å². The molecule has 0 aromatic heterocycles. The van der Waals surface area contributed by atoms with Crippen molar-refractivity contribution in [1.29, 1.82) is 0 Å². The lowest BCUT2D eigenvalue weighted by Crippen LogP contribution is -1.96. The average molecular weight is 127 g/mol. The Balaban J connectivity index is 3.49. The van der Waals surface area contributed by atoms with Gasteiger partial charge in [0.05, 0.1) is 0 Å². The summed E-state index contributed by atoms with van der Waals surface area (Å²) in [6, 6.07) is 0. The second-order valence-corrected chi connectivity index (χ2v) is 2.88. The van der Waals surface area contributed by atoms with Crippen molar-refractivity contribution < 1.29 is 0 Å². The zero-order valence-corrected chi connectivity index (χ0v) is 6.65. The molecule has 0 aliphatic heterocycles. The zero-order valence-electron chi connectivity index (χ0n) is 6.65. The molecule has 0 saturated heterocycles. The van der Waals surface area contributed by atoms with Crippen LogP contribution in [0.2, 0.25) is 0 Å². The Bertz CT molecular complexity index is 92.7. The highest BCUT2D eigenvalue weighted by molar-refractivity contribution is 4.98. The Labute approximate surface area is 57.9 Å². The molecule has 1 heteroatoms. The number of rotatable bonds is 3. The van der Waals surface area contributed by atoms with Crippen LogP contribution in [-0.4, -0.2) is 6.54 Å². The van der Waals surface area contributed by atoms with Crippen molar-refractivity contribution >= 4 is 0 Å². The minimum atomic E-state index is 0.679. The molecule has 0 unspecified atom stereocenters. The summed E-state index contributed by atoms with van der Waals surface area (Å²) < 4.78 is 0. The normalized spacial score (nSPS) is 12.8. The van der Waals surface area contributed by atoms with Gasteiger partial charge in [-0.15, -0.1) is 0 Å². The van der Waals surface area contributed by atoms with Crippen molar-refractivity contribution in [3.05, 3.63) is 11.6 Å². The van der Waals surface area contributed by atoms with E-state index in [2.05, 4.69) is 26.8 Å². The van der Waals surface area contributed by atoms with Gasteiger partial charge < -0.3 is 5.73 Å². The molecule has 0 aliphatic carbocycles. The molecule has 2 N–H and O–H groups in total. The van der Waals surface area contributed by atoms with E-state index in [1.54, 1.807) is 0 Å². The molecule has 0 aliphatic rings. The van der Waals surface area contributed by atoms with Crippen molar-refractivity contribution in [3.8, 4) is 0 Å². The first-order chi connectivity index (χ1) is 4.16. The monoisotopic (exact) mass is 127 g/mol. The molecule has 0 saturated carbocycles. The minimum absolute atomic E-state index is 0.679. The van der Waals surface area contributed by atoms with Gasteiger partial charge in [0.2, 0.25) is 0 Å². The van der Waals surface area contributed by atoms with Crippen LogP contribution in [0, 0.1) is 5.92 Å². The molecular weight excluding hydrogens is 110 g/mol. The Hall–Kier alpha value is -0.300. The molecule has 0 heterocycles. The minimum Gasteiger partial charge on any atom is -0.327 e. The molecular formula is C8H17N. The molecule has 0 aromatic carbocycles. The fraction of sp³-hybridized carbons (Fsp3) is 0.750. The first kappa shape index (κ1) is 8.70. The van der Waals surface area contributed by atoms with Crippen LogP contribution in [0.3, 0.4) is 0 Å². The maximum Gasteiger partial charge on any atom is 0.0109 e. The van der Waals surface area contributed by atoms with Gasteiger partial charge in [0.15, 0.2) is 0 Å². The van der Waals surface area contributed by atoms with Crippen molar-refractivity contribution in [3.63, 3.8) is 0 Å². The van der Waals surface area contributed by atoms with E-state index >= 15 is 0 Å². The van der Waals surface area contributed by atoms with Crippen molar-refractivity contribution in [2.45, 2.75) is 27.2 Å². The lowest BCUT2D eigenvalue weighted by atomic mass is 10.0. The summed E-state index contributed by atoms with van der Waals surface area (Å²) >= 11 is 0. The first-order valence-electron chi connectivity index (χ1n) is 3.52. The molecule has 0 spiro atoms. The second kappa shape index (κ2) is 4.57. The summed E-state index contributed by atoms with van der Waals surface area (Å²) in [4.78, 5) is 0. The SMILES string of the molecule is CC(=CCN)CC(C)C. The molecule has 1 nitrogen and oxygen atoms in total. The average Bonchev–Trinajstić information content (AvgIpc) is 1.63. The van der Waals surface area contributed by atoms with E-state index in [9.17, 15) is 0 Å². The van der Waals surface area contributed by atoms with E-state index in [0.29, 0.717) is 6.54 Å². The predicted octanol–water partition coefficient (Wildman–Crippen LogP) is 1.94. The van der Waals surface area contributed by atoms with Gasteiger partial charge in [0.25, 0.3) is 0 Å². The summed E-state index contributed by atoms with van der Waals surface area (Å²) in [7, 11) is 0. The van der Waals surface area contributed by atoms with E-state index in [-0.39, 0.29) is 0 Å². The van der Waals surface area contributed by atoms with Crippen LogP contribution in [0.5, 0.6) is 0 Å². The fourth-order valence-electron chi connectivity index (χ4n) is 0.928. The van der Waals surface area contributed by atoms with Crippen molar-refractivity contribution in [2.24, 2.45) is 11.7 Å². The molecule has 0 rings (SSSR count). The lowest BCUT2D eigenvalue weighted by molar-refractivity contribution is 0.641. The number of nitrogens with two attached hydrogens (primary N) is 1. The molecule has 0 aromatic rings. The van der Waals surface area contributed by atoms with Crippen molar-refractivity contribution in [2.75, 3.05) is 6.54 Å². The fourth-order valence-corrected chi connectivity index (χ4v) is 0.928. The van der Waals surface area contributed by atoms with E-state index < -0.39 is 0 Å². The summed E-state index contributed by atoms with van der Waals surface area (Å²) in [6.45, 7) is 7.24. The van der Waals surface area contributed by atoms with Gasteiger partial charge in [-0.1, -0.05) is 25.5 Å². The number of hydrogen-bond donors (Lipinski definition) is 1. The highest BCUT2D eigenvalue weighted by atomic mass is 14.5. The molecule has 0 amide bonds. The molecule has 9 heavy (non-hydrogen) atoms. The van der Waals surface area contributed by atoms with Gasteiger partial charge >= 0.3 is 0 Å². The molecule has 0 bridgehead atoms. The standard InChI is InChI=1S/C8H17N/c1-7(2)6-8(3)4-5-9/h4,7H,5-6,9H2,1-3H3. The number of allylic oxidation sites excluding steroid dienone is 1. The third-order valence-electron chi connectivity index (χ3n) is 1.20. The summed E-state index contributed by atoms with van der Waals surface area (Å²) in [6.07, 6.45) is 3.26. The van der Waals surface area contributed by atoms with Gasteiger partial charge in [0.1, 0.15) is 0 Å². The maximum absolute atomic E-state index is 5.33. The summed E-state index contributed by atoms with van der Waals surface area (Å²) in [5, 5.41) is 0. The molecule has 0 fully saturated rings. The van der Waals surface area contributed by atoms with Crippen LogP contribution in [0.15, 0.2) is 11.6 Å². The quantitative estimate of drug-likeness (QED) is 0.576. The van der Waals surface area contributed by atoms with Crippen LogP contribution < -0.4 is 5.73 Å². The predicted molar refractivity (Wildman–Crippen MR) is 42.3 cm³/mol. The van der Waals surface area contributed by atoms with Crippen molar-refractivity contribution in [1.82, 2.24) is 0 Å². The van der Waals surface area contributed by atoms with Gasteiger partial charge in [-0.05, 0) is 19.3 Å².